The highest BCUT2D eigenvalue weighted by atomic mass is 32.2. The van der Waals surface area contributed by atoms with Gasteiger partial charge in [-0.25, -0.2) is 15.2 Å². The number of nitrogen functional groups attached to an aromatic ring is 1. The maximum absolute atomic E-state index is 12.4. The van der Waals surface area contributed by atoms with Crippen LogP contribution in [0.15, 0.2) is 94.7 Å². The van der Waals surface area contributed by atoms with Gasteiger partial charge in [0, 0.05) is 29.4 Å². The number of nitrogens with one attached hydrogen (secondary N) is 5. The first-order chi connectivity index (χ1) is 18.0. The second-order valence-corrected chi connectivity index (χ2v) is 10.00. The minimum Gasteiger partial charge on any atom is -0.392 e. The molecule has 4 rings (SSSR count). The van der Waals surface area contributed by atoms with Crippen LogP contribution in [0.2, 0.25) is 0 Å². The van der Waals surface area contributed by atoms with Crippen molar-refractivity contribution >= 4 is 50.9 Å². The lowest BCUT2D eigenvalue weighted by Crippen LogP contribution is -2.18. The number of carbonyl (C=O) groups excluding carboxylic acids is 1. The molecule has 4 aromatic rings. The number of amidine groups is 1. The lowest BCUT2D eigenvalue weighted by molar-refractivity contribution is -0.113. The number of hydrogen-bond acceptors (Lipinski definition) is 9. The maximum Gasteiger partial charge on any atom is 0.277 e. The van der Waals surface area contributed by atoms with Gasteiger partial charge < -0.3 is 16.4 Å². The van der Waals surface area contributed by atoms with Crippen molar-refractivity contribution in [2.24, 2.45) is 10.8 Å². The van der Waals surface area contributed by atoms with Crippen molar-refractivity contribution in [3.8, 4) is 0 Å². The number of carbonyl (C=O) groups is 1. The van der Waals surface area contributed by atoms with Crippen LogP contribution in [-0.4, -0.2) is 23.8 Å². The zero-order chi connectivity index (χ0) is 26.2. The van der Waals surface area contributed by atoms with E-state index in [1.165, 1.54) is 18.1 Å². The third-order valence-corrected chi connectivity index (χ3v) is 7.37. The van der Waals surface area contributed by atoms with Crippen LogP contribution in [0, 0.1) is 10.9 Å². The number of fused-ring (bicyclic) bond motifs is 1. The predicted molar refractivity (Wildman–Crippen MR) is 150 cm³/mol. The van der Waals surface area contributed by atoms with Gasteiger partial charge in [0.25, 0.3) is 5.91 Å². The number of nitrogens with two attached hydrogens (primary N) is 1. The topological polar surface area (TPSA) is 152 Å². The van der Waals surface area contributed by atoms with Crippen LogP contribution < -0.4 is 21.1 Å². The Morgan fingerprint density at radius 1 is 1.16 bits per heavy atom. The summed E-state index contributed by atoms with van der Waals surface area (Å²) in [4.78, 5) is 18.1. The first-order valence-electron chi connectivity index (χ1n) is 11.3. The molecule has 0 fully saturated rings. The molecule has 37 heavy (non-hydrogen) atoms. The molecule has 0 saturated heterocycles. The summed E-state index contributed by atoms with van der Waals surface area (Å²) >= 11 is 3.08. The minimum atomic E-state index is -0.475. The summed E-state index contributed by atoms with van der Waals surface area (Å²) in [5.74, 6) is -0.442. The van der Waals surface area contributed by atoms with Crippen LogP contribution in [0.1, 0.15) is 22.2 Å². The van der Waals surface area contributed by atoms with Crippen molar-refractivity contribution in [3.05, 3.63) is 101 Å². The molecule has 11 heteroatoms. The Balaban J connectivity index is 1.55. The highest BCUT2D eigenvalue weighted by Gasteiger charge is 2.18. The van der Waals surface area contributed by atoms with E-state index in [0.29, 0.717) is 17.7 Å². The molecule has 9 nitrogen and oxygen atoms in total. The second-order valence-electron chi connectivity index (χ2n) is 8.02. The van der Waals surface area contributed by atoms with Gasteiger partial charge in [0.1, 0.15) is 10.8 Å². The van der Waals surface area contributed by atoms with E-state index < -0.39 is 5.91 Å². The highest BCUT2D eigenvalue weighted by Crippen LogP contribution is 2.31. The Hall–Kier alpha value is -4.06. The van der Waals surface area contributed by atoms with Gasteiger partial charge in [-0.15, -0.1) is 11.3 Å². The van der Waals surface area contributed by atoms with Gasteiger partial charge in [-0.05, 0) is 60.3 Å². The average molecular weight is 531 g/mol. The first kappa shape index (κ1) is 26.0. The molecule has 1 aromatic heterocycles. The number of benzene rings is 3. The van der Waals surface area contributed by atoms with Gasteiger partial charge in [0.15, 0.2) is 5.70 Å². The number of nitrogens with zero attached hydrogens (tertiary/aromatic N) is 2. The van der Waals surface area contributed by atoms with E-state index in [4.69, 9.17) is 21.7 Å². The molecular weight excluding hydrogens is 504 g/mol. The predicted octanol–water partition coefficient (Wildman–Crippen LogP) is 5.19. The Kier molecular flexibility index (Phi) is 8.62. The molecule has 1 heterocycles. The Bertz CT molecular complexity index is 1430. The minimum absolute atomic E-state index is 0.0256. The number of anilines is 1. The molecule has 0 radical (unpaired) electrons. The lowest BCUT2D eigenvalue weighted by Gasteiger charge is -2.17. The molecule has 0 aliphatic heterocycles. The molecule has 0 saturated carbocycles. The fourth-order valence-corrected chi connectivity index (χ4v) is 5.48. The third-order valence-electron chi connectivity index (χ3n) is 5.33. The summed E-state index contributed by atoms with van der Waals surface area (Å²) in [6.07, 6.45) is 2.01. The summed E-state index contributed by atoms with van der Waals surface area (Å²) in [6.45, 7) is 0. The zero-order valence-corrected chi connectivity index (χ0v) is 21.6. The van der Waals surface area contributed by atoms with Crippen molar-refractivity contribution in [1.29, 1.82) is 10.9 Å². The van der Waals surface area contributed by atoms with E-state index in [1.54, 1.807) is 24.5 Å². The van der Waals surface area contributed by atoms with Crippen molar-refractivity contribution in [2.75, 3.05) is 12.4 Å². The zero-order valence-electron chi connectivity index (χ0n) is 20.0. The Labute approximate surface area is 222 Å². The second kappa shape index (κ2) is 12.3. The van der Waals surface area contributed by atoms with Crippen molar-refractivity contribution in [2.45, 2.75) is 17.4 Å². The fourth-order valence-electron chi connectivity index (χ4n) is 3.58. The monoisotopic (exact) mass is 530 g/mol. The summed E-state index contributed by atoms with van der Waals surface area (Å²) < 4.78 is 4.66. The number of rotatable bonds is 11. The smallest absolute Gasteiger partial charge is 0.277 e. The van der Waals surface area contributed by atoms with Crippen LogP contribution in [0.5, 0.6) is 0 Å². The van der Waals surface area contributed by atoms with Crippen molar-refractivity contribution in [1.82, 2.24) is 15.0 Å². The van der Waals surface area contributed by atoms with Gasteiger partial charge in [-0.3, -0.25) is 10.2 Å². The Morgan fingerprint density at radius 3 is 2.73 bits per heavy atom. The maximum atomic E-state index is 12.4. The lowest BCUT2D eigenvalue weighted by atomic mass is 10.0. The van der Waals surface area contributed by atoms with E-state index in [-0.39, 0.29) is 17.6 Å². The molecule has 0 spiro atoms. The van der Waals surface area contributed by atoms with E-state index in [9.17, 15) is 4.79 Å². The summed E-state index contributed by atoms with van der Waals surface area (Å²) in [5.41, 5.74) is 16.1. The van der Waals surface area contributed by atoms with E-state index in [2.05, 4.69) is 26.5 Å². The molecule has 1 amide bonds. The van der Waals surface area contributed by atoms with Crippen LogP contribution >= 0.6 is 23.3 Å². The molecule has 188 valence electrons. The largest absolute Gasteiger partial charge is 0.392 e. The van der Waals surface area contributed by atoms with Gasteiger partial charge in [-0.2, -0.15) is 5.11 Å². The first-order valence-corrected chi connectivity index (χ1v) is 13.0. The van der Waals surface area contributed by atoms with Crippen LogP contribution in [0.25, 0.3) is 10.2 Å². The fraction of sp³-hybridized carbons (Fsp3) is 0.115. The van der Waals surface area contributed by atoms with E-state index in [1.807, 2.05) is 60.7 Å². The van der Waals surface area contributed by atoms with Gasteiger partial charge in [0.2, 0.25) is 0 Å². The van der Waals surface area contributed by atoms with Gasteiger partial charge in [0.05, 0.1) is 16.3 Å². The molecule has 0 bridgehead atoms. The van der Waals surface area contributed by atoms with Gasteiger partial charge in [-0.1, -0.05) is 36.4 Å². The number of aromatic nitrogens is 1. The molecule has 7 N–H and O–H groups in total. The number of thiazole rings is 1. The molecule has 0 aliphatic rings. The molecule has 1 atom stereocenters. The standard InChI is InChI=1S/C26H26N8OS2/c1-30-15-22(33-29)25(35)31-18-8-5-9-19(14-18)37-34-21(13-16-6-4-7-17(12-16)24(27)28)26-32-20-10-2-3-11-23(20)36-26/h2-12,14-15,21,29-30,34H,13H2,1H3,(H3,27,28)(H,31,35)/b22-15-,33-29?/t21-/m0/s1. The van der Waals surface area contributed by atoms with Crippen molar-refractivity contribution in [3.63, 3.8) is 0 Å². The SMILES string of the molecule is CN/C=C(\N=N)C(=O)Nc1cccc(SN[C@@H](Cc2cccc(C(=N)N)c2)c2nc3ccccc3s2)c1. The quantitative estimate of drug-likeness (QED) is 0.0516. The summed E-state index contributed by atoms with van der Waals surface area (Å²) in [6, 6.07) is 23.0. The molecule has 0 unspecified atom stereocenters. The van der Waals surface area contributed by atoms with Crippen LogP contribution in [0.4, 0.5) is 5.69 Å². The molecule has 0 aliphatic carbocycles. The molecule has 3 aromatic carbocycles. The van der Waals surface area contributed by atoms with Crippen molar-refractivity contribution < 1.29 is 4.79 Å². The van der Waals surface area contributed by atoms with E-state index in [0.717, 1.165) is 25.7 Å². The van der Waals surface area contributed by atoms with Crippen LogP contribution in [-0.2, 0) is 11.2 Å². The average Bonchev–Trinajstić information content (AvgIpc) is 3.34. The number of para-hydroxylation sites is 1. The van der Waals surface area contributed by atoms with Crippen LogP contribution in [0.3, 0.4) is 0 Å². The number of hydrogen-bond donors (Lipinski definition) is 6. The molecular formula is C26H26N8OS2. The summed E-state index contributed by atoms with van der Waals surface area (Å²) in [7, 11) is 1.64. The third kappa shape index (κ3) is 6.79. The Morgan fingerprint density at radius 2 is 1.97 bits per heavy atom. The van der Waals surface area contributed by atoms with E-state index >= 15 is 0 Å². The number of amides is 1. The summed E-state index contributed by atoms with van der Waals surface area (Å²) in [5, 5.41) is 17.5. The van der Waals surface area contributed by atoms with Gasteiger partial charge >= 0.3 is 0 Å². The normalized spacial score (nSPS) is 12.2. The highest BCUT2D eigenvalue weighted by molar-refractivity contribution is 7.97.